The van der Waals surface area contributed by atoms with Gasteiger partial charge in [-0.1, -0.05) is 19.4 Å². The molecule has 1 heterocycles. The van der Waals surface area contributed by atoms with Crippen LogP contribution in [0.15, 0.2) is 23.5 Å². The quantitative estimate of drug-likeness (QED) is 0.698. The van der Waals surface area contributed by atoms with Gasteiger partial charge in [-0.2, -0.15) is 0 Å². The maximum atomic E-state index is 11.3. The summed E-state index contributed by atoms with van der Waals surface area (Å²) in [6.07, 6.45) is 4.73. The Bertz CT molecular complexity index is 370. The van der Waals surface area contributed by atoms with Crippen molar-refractivity contribution in [2.24, 2.45) is 0 Å². The predicted octanol–water partition coefficient (Wildman–Crippen LogP) is 1.71. The van der Waals surface area contributed by atoms with Gasteiger partial charge >= 0.3 is 0 Å². The normalized spacial score (nSPS) is 9.93. The average Bonchev–Trinajstić information content (AvgIpc) is 2.23. The highest BCUT2D eigenvalue weighted by atomic mass is 16.1. The number of aromatic nitrogens is 2. The molecule has 0 fully saturated rings. The number of H-pyrrole nitrogens is 1. The van der Waals surface area contributed by atoms with Crippen LogP contribution >= 0.6 is 0 Å². The molecule has 0 unspecified atom stereocenters. The third-order valence-electron chi connectivity index (χ3n) is 2.00. The summed E-state index contributed by atoms with van der Waals surface area (Å²) in [5, 5.41) is 2.97. The largest absolute Gasteiger partial charge is 0.352 e. The van der Waals surface area contributed by atoms with Crippen LogP contribution in [0.1, 0.15) is 25.5 Å². The summed E-state index contributed by atoms with van der Waals surface area (Å²) in [7, 11) is 0. The van der Waals surface area contributed by atoms with E-state index >= 15 is 0 Å². The van der Waals surface area contributed by atoms with Crippen LogP contribution in [0.5, 0.6) is 0 Å². The van der Waals surface area contributed by atoms with Crippen molar-refractivity contribution < 1.29 is 0 Å². The fourth-order valence-corrected chi connectivity index (χ4v) is 1.25. The molecular formula is C11H17N3O. The van der Waals surface area contributed by atoms with Crippen molar-refractivity contribution in [2.75, 3.05) is 11.9 Å². The van der Waals surface area contributed by atoms with Gasteiger partial charge in [-0.05, 0) is 12.8 Å². The third kappa shape index (κ3) is 3.97. The average molecular weight is 207 g/mol. The van der Waals surface area contributed by atoms with Crippen LogP contribution in [-0.2, 0) is 6.42 Å². The summed E-state index contributed by atoms with van der Waals surface area (Å²) in [5.74, 6) is 0.522. The van der Waals surface area contributed by atoms with Crippen molar-refractivity contribution in [2.45, 2.75) is 26.2 Å². The van der Waals surface area contributed by atoms with E-state index in [4.69, 9.17) is 0 Å². The smallest absolute Gasteiger partial charge is 0.252 e. The van der Waals surface area contributed by atoms with Gasteiger partial charge < -0.3 is 5.32 Å². The van der Waals surface area contributed by atoms with Crippen molar-refractivity contribution in [3.63, 3.8) is 0 Å². The van der Waals surface area contributed by atoms with Gasteiger partial charge in [0.05, 0.1) is 0 Å². The molecule has 2 N–H and O–H groups in total. The summed E-state index contributed by atoms with van der Waals surface area (Å²) in [6, 6.07) is 1.55. The summed E-state index contributed by atoms with van der Waals surface area (Å²) < 4.78 is 0. The predicted molar refractivity (Wildman–Crippen MR) is 62.2 cm³/mol. The number of aryl methyl sites for hydroxylation is 1. The fraction of sp³-hybridized carbons (Fsp3) is 0.455. The highest BCUT2D eigenvalue weighted by molar-refractivity contribution is 5.26. The van der Waals surface area contributed by atoms with Gasteiger partial charge in [-0.25, -0.2) is 4.98 Å². The van der Waals surface area contributed by atoms with Crippen LogP contribution in [-0.4, -0.2) is 16.5 Å². The molecule has 0 aliphatic heterocycles. The molecule has 0 aliphatic carbocycles. The first-order chi connectivity index (χ1) is 7.26. The van der Waals surface area contributed by atoms with E-state index in [9.17, 15) is 4.79 Å². The Morgan fingerprint density at radius 2 is 2.47 bits per heavy atom. The minimum absolute atomic E-state index is 0.109. The Morgan fingerprint density at radius 3 is 3.13 bits per heavy atom. The summed E-state index contributed by atoms with van der Waals surface area (Å²) >= 11 is 0. The SMILES string of the molecule is C=CCNc1nc(CCCC)cc(=O)[nH]1. The van der Waals surface area contributed by atoms with Gasteiger partial charge in [0, 0.05) is 18.3 Å². The van der Waals surface area contributed by atoms with Gasteiger partial charge in [0.15, 0.2) is 0 Å². The molecule has 4 heteroatoms. The van der Waals surface area contributed by atoms with Crippen molar-refractivity contribution >= 4 is 5.95 Å². The van der Waals surface area contributed by atoms with E-state index in [0.29, 0.717) is 12.5 Å². The van der Waals surface area contributed by atoms with Crippen molar-refractivity contribution in [3.05, 3.63) is 34.8 Å². The molecule has 1 aromatic rings. The second kappa shape index (κ2) is 6.01. The number of rotatable bonds is 6. The number of nitrogens with zero attached hydrogens (tertiary/aromatic N) is 1. The van der Waals surface area contributed by atoms with E-state index in [0.717, 1.165) is 25.0 Å². The lowest BCUT2D eigenvalue weighted by Crippen LogP contribution is -2.14. The van der Waals surface area contributed by atoms with Crippen LogP contribution in [0.2, 0.25) is 0 Å². The Labute approximate surface area is 89.4 Å². The third-order valence-corrected chi connectivity index (χ3v) is 2.00. The van der Waals surface area contributed by atoms with Gasteiger partial charge in [0.25, 0.3) is 5.56 Å². The molecule has 0 saturated heterocycles. The molecule has 0 spiro atoms. The van der Waals surface area contributed by atoms with Gasteiger partial charge in [-0.3, -0.25) is 9.78 Å². The molecule has 0 saturated carbocycles. The molecule has 0 bridgehead atoms. The monoisotopic (exact) mass is 207 g/mol. The number of nitrogens with one attached hydrogen (secondary N) is 2. The molecule has 0 aliphatic rings. The molecule has 1 aromatic heterocycles. The van der Waals surface area contributed by atoms with E-state index in [2.05, 4.69) is 28.8 Å². The molecule has 1 rings (SSSR count). The van der Waals surface area contributed by atoms with Crippen molar-refractivity contribution in [1.82, 2.24) is 9.97 Å². The molecule has 82 valence electrons. The van der Waals surface area contributed by atoms with Crippen molar-refractivity contribution in [1.29, 1.82) is 0 Å². The molecule has 4 nitrogen and oxygen atoms in total. The summed E-state index contributed by atoms with van der Waals surface area (Å²) in [5.41, 5.74) is 0.731. The lowest BCUT2D eigenvalue weighted by Gasteiger charge is -2.04. The van der Waals surface area contributed by atoms with Crippen LogP contribution in [0.25, 0.3) is 0 Å². The summed E-state index contributed by atoms with van der Waals surface area (Å²) in [4.78, 5) is 18.2. The highest BCUT2D eigenvalue weighted by Crippen LogP contribution is 2.01. The van der Waals surface area contributed by atoms with E-state index in [1.54, 1.807) is 12.1 Å². The Balaban J connectivity index is 2.75. The van der Waals surface area contributed by atoms with Crippen LogP contribution in [0.3, 0.4) is 0 Å². The maximum Gasteiger partial charge on any atom is 0.252 e. The first-order valence-electron chi connectivity index (χ1n) is 5.21. The Morgan fingerprint density at radius 1 is 1.67 bits per heavy atom. The zero-order valence-electron chi connectivity index (χ0n) is 9.05. The lowest BCUT2D eigenvalue weighted by atomic mass is 10.2. The zero-order valence-corrected chi connectivity index (χ0v) is 9.05. The molecule has 0 atom stereocenters. The maximum absolute atomic E-state index is 11.3. The molecule has 0 aromatic carbocycles. The van der Waals surface area contributed by atoms with E-state index in [1.165, 1.54) is 0 Å². The first kappa shape index (κ1) is 11.5. The standard InChI is InChI=1S/C11H17N3O/c1-3-5-6-9-8-10(15)14-11(13-9)12-7-4-2/h4,8H,2-3,5-7H2,1H3,(H2,12,13,14,15). The minimum Gasteiger partial charge on any atom is -0.352 e. The molecular weight excluding hydrogens is 190 g/mol. The second-order valence-electron chi connectivity index (χ2n) is 3.36. The Kier molecular flexibility index (Phi) is 4.60. The van der Waals surface area contributed by atoms with Crippen LogP contribution < -0.4 is 10.9 Å². The van der Waals surface area contributed by atoms with Gasteiger partial charge in [0.2, 0.25) is 5.95 Å². The number of aromatic amines is 1. The van der Waals surface area contributed by atoms with E-state index < -0.39 is 0 Å². The number of unbranched alkanes of at least 4 members (excludes halogenated alkanes) is 1. The number of anilines is 1. The fourth-order valence-electron chi connectivity index (χ4n) is 1.25. The van der Waals surface area contributed by atoms with E-state index in [-0.39, 0.29) is 5.56 Å². The van der Waals surface area contributed by atoms with Crippen LogP contribution in [0.4, 0.5) is 5.95 Å². The highest BCUT2D eigenvalue weighted by Gasteiger charge is 1.99. The zero-order chi connectivity index (χ0) is 11.1. The van der Waals surface area contributed by atoms with E-state index in [1.807, 2.05) is 0 Å². The molecule has 0 radical (unpaired) electrons. The lowest BCUT2D eigenvalue weighted by molar-refractivity contribution is 0.772. The number of hydrogen-bond acceptors (Lipinski definition) is 3. The van der Waals surface area contributed by atoms with Gasteiger partial charge in [0.1, 0.15) is 0 Å². The number of hydrogen-bond donors (Lipinski definition) is 2. The minimum atomic E-state index is -0.109. The summed E-state index contributed by atoms with van der Waals surface area (Å²) in [6.45, 7) is 6.30. The molecule has 0 amide bonds. The van der Waals surface area contributed by atoms with Gasteiger partial charge in [-0.15, -0.1) is 6.58 Å². The van der Waals surface area contributed by atoms with Crippen LogP contribution in [0, 0.1) is 0 Å². The first-order valence-corrected chi connectivity index (χ1v) is 5.21. The van der Waals surface area contributed by atoms with Crippen molar-refractivity contribution in [3.8, 4) is 0 Å². The second-order valence-corrected chi connectivity index (χ2v) is 3.36. The Hall–Kier alpha value is -1.58. The molecule has 15 heavy (non-hydrogen) atoms. The topological polar surface area (TPSA) is 57.8 Å².